The largest absolute Gasteiger partial charge is 0.491 e. The van der Waals surface area contributed by atoms with Crippen molar-refractivity contribution in [2.24, 2.45) is 0 Å². The lowest BCUT2D eigenvalue weighted by atomic mass is 10.0. The number of amides is 1. The molecule has 4 nitrogen and oxygen atoms in total. The zero-order valence-corrected chi connectivity index (χ0v) is 12.2. The van der Waals surface area contributed by atoms with Crippen LogP contribution >= 0.6 is 0 Å². The number of ether oxygens (including phenoxy) is 2. The number of hydrogen-bond acceptors (Lipinski definition) is 3. The lowest BCUT2D eigenvalue weighted by molar-refractivity contribution is 0.0957. The summed E-state index contributed by atoms with van der Waals surface area (Å²) in [6.45, 7) is 1.04. The van der Waals surface area contributed by atoms with Gasteiger partial charge in [-0.25, -0.2) is 0 Å². The summed E-state index contributed by atoms with van der Waals surface area (Å²) in [4.78, 5) is 12.1. The Morgan fingerprint density at radius 3 is 2.59 bits per heavy atom. The highest BCUT2D eigenvalue weighted by Gasteiger charge is 2.23. The van der Waals surface area contributed by atoms with Crippen LogP contribution in [0.25, 0.3) is 11.1 Å². The molecule has 1 aliphatic carbocycles. The first-order chi connectivity index (χ1) is 10.8. The summed E-state index contributed by atoms with van der Waals surface area (Å²) in [7, 11) is 0. The third-order valence-corrected chi connectivity index (χ3v) is 3.88. The Morgan fingerprint density at radius 1 is 1.05 bits per heavy atom. The molecule has 1 fully saturated rings. The van der Waals surface area contributed by atoms with E-state index in [1.165, 1.54) is 0 Å². The van der Waals surface area contributed by atoms with Crippen LogP contribution < -0.4 is 14.8 Å². The molecule has 0 radical (unpaired) electrons. The van der Waals surface area contributed by atoms with Crippen molar-refractivity contribution in [2.75, 3.05) is 13.2 Å². The van der Waals surface area contributed by atoms with E-state index in [1.807, 2.05) is 42.5 Å². The molecule has 4 rings (SSSR count). The summed E-state index contributed by atoms with van der Waals surface area (Å²) in [6.07, 6.45) is 2.71. The molecule has 112 valence electrons. The maximum absolute atomic E-state index is 12.1. The average Bonchev–Trinajstić information content (AvgIpc) is 3.37. The van der Waals surface area contributed by atoms with E-state index in [1.54, 1.807) is 0 Å². The highest BCUT2D eigenvalue weighted by atomic mass is 16.5. The lowest BCUT2D eigenvalue weighted by Crippen LogP contribution is -2.24. The van der Waals surface area contributed by atoms with E-state index < -0.39 is 0 Å². The van der Waals surface area contributed by atoms with Gasteiger partial charge in [0.05, 0.1) is 18.2 Å². The summed E-state index contributed by atoms with van der Waals surface area (Å²) < 4.78 is 11.3. The molecule has 0 unspecified atom stereocenters. The molecule has 0 spiro atoms. The molecule has 2 aromatic rings. The molecule has 1 aliphatic heterocycles. The van der Waals surface area contributed by atoms with E-state index in [4.69, 9.17) is 9.47 Å². The summed E-state index contributed by atoms with van der Waals surface area (Å²) >= 11 is 0. The van der Waals surface area contributed by atoms with Crippen LogP contribution in [0.5, 0.6) is 11.5 Å². The molecule has 0 atom stereocenters. The number of rotatable bonds is 3. The minimum Gasteiger partial charge on any atom is -0.491 e. The fraction of sp³-hybridized carbons (Fsp3) is 0.278. The molecule has 0 aromatic heterocycles. The van der Waals surface area contributed by atoms with E-state index in [2.05, 4.69) is 5.32 Å². The van der Waals surface area contributed by atoms with Crippen LogP contribution in [0.3, 0.4) is 0 Å². The Balaban J connectivity index is 1.63. The Morgan fingerprint density at radius 2 is 1.82 bits per heavy atom. The average molecular weight is 295 g/mol. The second-order valence-electron chi connectivity index (χ2n) is 5.66. The number of nitrogens with one attached hydrogen (secondary N) is 1. The number of hydrogen-bond donors (Lipinski definition) is 1. The van der Waals surface area contributed by atoms with Crippen molar-refractivity contribution in [1.82, 2.24) is 5.32 Å². The van der Waals surface area contributed by atoms with Gasteiger partial charge in [0.1, 0.15) is 18.1 Å². The van der Waals surface area contributed by atoms with Gasteiger partial charge in [-0.2, -0.15) is 0 Å². The first-order valence-electron chi connectivity index (χ1n) is 7.62. The highest BCUT2D eigenvalue weighted by Crippen LogP contribution is 2.31. The van der Waals surface area contributed by atoms with Crippen molar-refractivity contribution in [3.8, 4) is 22.6 Å². The van der Waals surface area contributed by atoms with Crippen LogP contribution in [0.2, 0.25) is 0 Å². The fourth-order valence-electron chi connectivity index (χ4n) is 2.54. The second-order valence-corrected chi connectivity index (χ2v) is 5.66. The molecule has 1 N–H and O–H groups in total. The van der Waals surface area contributed by atoms with Crippen LogP contribution in [0.15, 0.2) is 42.5 Å². The molecule has 1 saturated carbocycles. The van der Waals surface area contributed by atoms with Crippen molar-refractivity contribution in [2.45, 2.75) is 18.9 Å². The number of fused-ring (bicyclic) bond motifs is 1. The van der Waals surface area contributed by atoms with Gasteiger partial charge in [-0.15, -0.1) is 0 Å². The van der Waals surface area contributed by atoms with Crippen molar-refractivity contribution in [1.29, 1.82) is 0 Å². The lowest BCUT2D eigenvalue weighted by Gasteiger charge is -2.09. The van der Waals surface area contributed by atoms with Crippen molar-refractivity contribution in [3.05, 3.63) is 48.0 Å². The Hall–Kier alpha value is -2.49. The van der Waals surface area contributed by atoms with Crippen LogP contribution in [0.1, 0.15) is 23.2 Å². The molecule has 22 heavy (non-hydrogen) atoms. The molecule has 2 aliphatic rings. The monoisotopic (exact) mass is 295 g/mol. The third kappa shape index (κ3) is 2.64. The maximum atomic E-state index is 12.1. The maximum Gasteiger partial charge on any atom is 0.255 e. The van der Waals surface area contributed by atoms with Gasteiger partial charge >= 0.3 is 0 Å². The molecule has 4 heteroatoms. The van der Waals surface area contributed by atoms with E-state index in [0.29, 0.717) is 30.6 Å². The summed E-state index contributed by atoms with van der Waals surface area (Å²) in [5, 5.41) is 2.83. The van der Waals surface area contributed by atoms with Gasteiger partial charge in [0, 0.05) is 0 Å². The van der Waals surface area contributed by atoms with E-state index in [9.17, 15) is 4.79 Å². The van der Waals surface area contributed by atoms with Crippen molar-refractivity contribution >= 4 is 5.91 Å². The predicted octanol–water partition coefficient (Wildman–Crippen LogP) is 3.02. The topological polar surface area (TPSA) is 47.6 Å². The number of benzene rings is 2. The van der Waals surface area contributed by atoms with E-state index in [0.717, 1.165) is 29.7 Å². The normalized spacial score (nSPS) is 17.0. The van der Waals surface area contributed by atoms with Crippen molar-refractivity contribution in [3.63, 3.8) is 0 Å². The second kappa shape index (κ2) is 5.37. The number of carbonyl (C=O) groups is 1. The number of carbonyl (C=O) groups excluding carboxylic acids is 1. The standard InChI is InChI=1S/C18H17NO3/c20-18-16-11-13(3-8-17(16)21-10-9-19-18)12-1-4-14(5-2-12)22-15-6-7-15/h1-5,8,11,15H,6-7,9-10H2,(H,19,20). The molecule has 2 aromatic carbocycles. The van der Waals surface area contributed by atoms with Gasteiger partial charge in [-0.3, -0.25) is 4.79 Å². The molecular weight excluding hydrogens is 278 g/mol. The predicted molar refractivity (Wildman–Crippen MR) is 83.4 cm³/mol. The van der Waals surface area contributed by atoms with Gasteiger partial charge in [-0.05, 0) is 48.2 Å². The molecule has 0 saturated heterocycles. The summed E-state index contributed by atoms with van der Waals surface area (Å²) in [5.41, 5.74) is 2.65. The Labute approximate surface area is 129 Å². The first-order valence-corrected chi connectivity index (χ1v) is 7.62. The Kier molecular flexibility index (Phi) is 3.22. The zero-order valence-electron chi connectivity index (χ0n) is 12.2. The zero-order chi connectivity index (χ0) is 14.9. The summed E-state index contributed by atoms with van der Waals surface area (Å²) in [5.74, 6) is 1.47. The quantitative estimate of drug-likeness (QED) is 0.947. The Bertz CT molecular complexity index is 705. The first kappa shape index (κ1) is 13.2. The van der Waals surface area contributed by atoms with Crippen LogP contribution in [-0.4, -0.2) is 25.2 Å². The fourth-order valence-corrected chi connectivity index (χ4v) is 2.54. The van der Waals surface area contributed by atoms with Gasteiger partial charge in [0.15, 0.2) is 0 Å². The van der Waals surface area contributed by atoms with Gasteiger partial charge in [0.25, 0.3) is 5.91 Å². The minimum atomic E-state index is -0.0805. The smallest absolute Gasteiger partial charge is 0.255 e. The van der Waals surface area contributed by atoms with Gasteiger partial charge < -0.3 is 14.8 Å². The van der Waals surface area contributed by atoms with Crippen LogP contribution in [-0.2, 0) is 0 Å². The van der Waals surface area contributed by atoms with E-state index >= 15 is 0 Å². The van der Waals surface area contributed by atoms with Gasteiger partial charge in [0.2, 0.25) is 0 Å². The minimum absolute atomic E-state index is 0.0805. The SMILES string of the molecule is O=C1NCCOc2ccc(-c3ccc(OC4CC4)cc3)cc21. The summed E-state index contributed by atoms with van der Waals surface area (Å²) in [6, 6.07) is 13.7. The highest BCUT2D eigenvalue weighted by molar-refractivity contribution is 5.98. The molecule has 1 amide bonds. The molecule has 1 heterocycles. The van der Waals surface area contributed by atoms with Crippen LogP contribution in [0.4, 0.5) is 0 Å². The molecular formula is C18H17NO3. The third-order valence-electron chi connectivity index (χ3n) is 3.88. The van der Waals surface area contributed by atoms with Crippen molar-refractivity contribution < 1.29 is 14.3 Å². The van der Waals surface area contributed by atoms with E-state index in [-0.39, 0.29) is 5.91 Å². The van der Waals surface area contributed by atoms with Gasteiger partial charge in [-0.1, -0.05) is 18.2 Å². The van der Waals surface area contributed by atoms with Crippen LogP contribution in [0, 0.1) is 0 Å². The molecule has 0 bridgehead atoms.